The molecule has 0 spiro atoms. The molecule has 0 saturated carbocycles. The first-order valence-electron chi connectivity index (χ1n) is 11.3. The van der Waals surface area contributed by atoms with Gasteiger partial charge < -0.3 is 19.7 Å². The maximum absolute atomic E-state index is 11.5. The third-order valence-electron chi connectivity index (χ3n) is 4.88. The summed E-state index contributed by atoms with van der Waals surface area (Å²) in [5, 5.41) is 18.9. The minimum Gasteiger partial charge on any atom is -0.467 e. The molecule has 0 amide bonds. The molecule has 0 aromatic rings. The zero-order chi connectivity index (χ0) is 21.7. The fourth-order valence-corrected chi connectivity index (χ4v) is 2.99. The molecule has 30 heavy (non-hydrogen) atoms. The van der Waals surface area contributed by atoms with Gasteiger partial charge in [0.25, 0.3) is 0 Å². The molecular formula is C23H42NaO6. The van der Waals surface area contributed by atoms with E-state index in [-0.39, 0.29) is 36.2 Å². The van der Waals surface area contributed by atoms with Crippen molar-refractivity contribution in [3.8, 4) is 0 Å². The largest absolute Gasteiger partial charge is 0.467 e. The fraction of sp³-hybridized carbons (Fsp3) is 0.826. The van der Waals surface area contributed by atoms with Crippen molar-refractivity contribution in [2.75, 3.05) is 13.7 Å². The smallest absolute Gasteiger partial charge is 0.338 e. The molecule has 0 saturated heterocycles. The van der Waals surface area contributed by atoms with Gasteiger partial charge in [-0.15, -0.1) is 0 Å². The van der Waals surface area contributed by atoms with Crippen LogP contribution in [0.2, 0.25) is 0 Å². The van der Waals surface area contributed by atoms with Crippen molar-refractivity contribution in [2.45, 2.75) is 109 Å². The van der Waals surface area contributed by atoms with Gasteiger partial charge in [0.1, 0.15) is 0 Å². The average molecular weight is 438 g/mol. The van der Waals surface area contributed by atoms with E-state index in [9.17, 15) is 19.8 Å². The number of ether oxygens (including phenoxy) is 2. The zero-order valence-electron chi connectivity index (χ0n) is 19.4. The monoisotopic (exact) mass is 437 g/mol. The predicted octanol–water partition coefficient (Wildman–Crippen LogP) is 4.08. The molecule has 7 heteroatoms. The number of methoxy groups -OCH3 is 1. The van der Waals surface area contributed by atoms with E-state index in [0.717, 1.165) is 32.8 Å². The topological polar surface area (TPSA) is 93.1 Å². The van der Waals surface area contributed by atoms with E-state index in [1.807, 2.05) is 0 Å². The summed E-state index contributed by atoms with van der Waals surface area (Å²) in [6, 6.07) is 0. The van der Waals surface area contributed by atoms with Crippen LogP contribution in [0.4, 0.5) is 0 Å². The van der Waals surface area contributed by atoms with Crippen LogP contribution in [0.15, 0.2) is 12.2 Å². The SMILES string of the molecule is CCCCCCCCC=CCCCCCCCCOC(=O)C(O)C(O)C(=O)OC.[Na]. The second-order valence-electron chi connectivity index (χ2n) is 7.52. The van der Waals surface area contributed by atoms with E-state index >= 15 is 0 Å². The van der Waals surface area contributed by atoms with Gasteiger partial charge in [-0.3, -0.25) is 0 Å². The van der Waals surface area contributed by atoms with Crippen LogP contribution >= 0.6 is 0 Å². The number of hydrogen-bond acceptors (Lipinski definition) is 6. The van der Waals surface area contributed by atoms with Crippen molar-refractivity contribution in [3.63, 3.8) is 0 Å². The Balaban J connectivity index is 0. The van der Waals surface area contributed by atoms with E-state index in [1.54, 1.807) is 0 Å². The molecule has 0 heterocycles. The number of allylic oxidation sites excluding steroid dienone is 2. The van der Waals surface area contributed by atoms with Crippen LogP contribution in [-0.4, -0.2) is 77.6 Å². The van der Waals surface area contributed by atoms with Crippen LogP contribution in [0.5, 0.6) is 0 Å². The number of aliphatic hydroxyl groups is 2. The van der Waals surface area contributed by atoms with Gasteiger partial charge >= 0.3 is 11.9 Å². The van der Waals surface area contributed by atoms with Gasteiger partial charge in [-0.25, -0.2) is 9.59 Å². The van der Waals surface area contributed by atoms with Crippen molar-refractivity contribution in [1.29, 1.82) is 0 Å². The number of rotatable bonds is 19. The maximum Gasteiger partial charge on any atom is 0.338 e. The molecule has 1 radical (unpaired) electrons. The van der Waals surface area contributed by atoms with Crippen molar-refractivity contribution in [2.24, 2.45) is 0 Å². The Morgan fingerprint density at radius 3 is 1.67 bits per heavy atom. The molecular weight excluding hydrogens is 395 g/mol. The molecule has 0 rings (SSSR count). The molecule has 0 aliphatic carbocycles. The molecule has 0 bridgehead atoms. The van der Waals surface area contributed by atoms with E-state index < -0.39 is 24.1 Å². The van der Waals surface area contributed by atoms with Gasteiger partial charge in [0.15, 0.2) is 12.2 Å². The molecule has 0 aliphatic rings. The van der Waals surface area contributed by atoms with Gasteiger partial charge in [0.05, 0.1) is 13.7 Å². The zero-order valence-corrected chi connectivity index (χ0v) is 21.4. The van der Waals surface area contributed by atoms with E-state index in [0.29, 0.717) is 6.42 Å². The summed E-state index contributed by atoms with van der Waals surface area (Å²) in [5.41, 5.74) is 0. The van der Waals surface area contributed by atoms with Crippen LogP contribution in [0.25, 0.3) is 0 Å². The average Bonchev–Trinajstić information content (AvgIpc) is 2.73. The predicted molar refractivity (Wildman–Crippen MR) is 120 cm³/mol. The molecule has 0 fully saturated rings. The Morgan fingerprint density at radius 2 is 1.17 bits per heavy atom. The molecule has 6 nitrogen and oxygen atoms in total. The van der Waals surface area contributed by atoms with Crippen molar-refractivity contribution < 1.29 is 29.3 Å². The maximum atomic E-state index is 11.5. The van der Waals surface area contributed by atoms with Crippen LogP contribution < -0.4 is 0 Å². The summed E-state index contributed by atoms with van der Waals surface area (Å²) in [5.74, 6) is -2.07. The number of aliphatic hydroxyl groups excluding tert-OH is 2. The fourth-order valence-electron chi connectivity index (χ4n) is 2.99. The number of esters is 2. The summed E-state index contributed by atoms with van der Waals surface area (Å²) in [6.45, 7) is 2.42. The first-order valence-corrected chi connectivity index (χ1v) is 11.3. The van der Waals surface area contributed by atoms with Gasteiger partial charge in [-0.2, -0.15) is 0 Å². The minimum absolute atomic E-state index is 0. The third-order valence-corrected chi connectivity index (χ3v) is 4.88. The minimum atomic E-state index is -1.91. The number of hydrogen-bond donors (Lipinski definition) is 2. The molecule has 171 valence electrons. The summed E-state index contributed by atoms with van der Waals surface area (Å²) in [4.78, 5) is 22.6. The second-order valence-corrected chi connectivity index (χ2v) is 7.52. The summed E-state index contributed by atoms with van der Waals surface area (Å²) >= 11 is 0. The first kappa shape index (κ1) is 31.8. The van der Waals surface area contributed by atoms with Gasteiger partial charge in [0, 0.05) is 29.6 Å². The van der Waals surface area contributed by atoms with Crippen LogP contribution in [0.3, 0.4) is 0 Å². The Morgan fingerprint density at radius 1 is 0.733 bits per heavy atom. The summed E-state index contributed by atoms with van der Waals surface area (Å²) in [6.07, 6.45) is 17.5. The van der Waals surface area contributed by atoms with Crippen LogP contribution in [-0.2, 0) is 19.1 Å². The molecule has 0 aromatic carbocycles. The Hall–Kier alpha value is -0.400. The Kier molecular flexibility index (Phi) is 24.7. The molecule has 2 atom stereocenters. The molecule has 2 N–H and O–H groups in total. The van der Waals surface area contributed by atoms with Gasteiger partial charge in [-0.05, 0) is 32.1 Å². The number of carbonyl (C=O) groups is 2. The molecule has 0 aromatic heterocycles. The quantitative estimate of drug-likeness (QED) is 0.137. The molecule has 2 unspecified atom stereocenters. The van der Waals surface area contributed by atoms with Gasteiger partial charge in [0.2, 0.25) is 0 Å². The number of carbonyl (C=O) groups excluding carboxylic acids is 2. The van der Waals surface area contributed by atoms with Crippen molar-refractivity contribution >= 4 is 41.5 Å². The van der Waals surface area contributed by atoms with Crippen molar-refractivity contribution in [3.05, 3.63) is 12.2 Å². The van der Waals surface area contributed by atoms with E-state index in [2.05, 4.69) is 23.8 Å². The summed E-state index contributed by atoms with van der Waals surface area (Å²) in [7, 11) is 1.07. The van der Waals surface area contributed by atoms with E-state index in [4.69, 9.17) is 4.74 Å². The standard InChI is InChI=1S/C23H42O6.Na/c1-3-4-5-6-7-8-9-10-11-12-13-14-15-16-17-18-19-29-23(27)21(25)20(24)22(26)28-2;/h10-11,20-21,24-25H,3-9,12-19H2,1-2H3;. The molecule has 0 aliphatic heterocycles. The van der Waals surface area contributed by atoms with E-state index in [1.165, 1.54) is 57.8 Å². The third kappa shape index (κ3) is 18.4. The second kappa shape index (κ2) is 23.3. The Bertz CT molecular complexity index is 441. The summed E-state index contributed by atoms with van der Waals surface area (Å²) < 4.78 is 9.13. The normalized spacial score (nSPS) is 12.9. The first-order chi connectivity index (χ1) is 14.0. The van der Waals surface area contributed by atoms with Crippen LogP contribution in [0, 0.1) is 0 Å². The van der Waals surface area contributed by atoms with Crippen LogP contribution in [0.1, 0.15) is 96.8 Å². The van der Waals surface area contributed by atoms with Gasteiger partial charge in [-0.1, -0.05) is 76.9 Å². The van der Waals surface area contributed by atoms with Crippen molar-refractivity contribution in [1.82, 2.24) is 0 Å². The number of unbranched alkanes of at least 4 members (excludes halogenated alkanes) is 12. The Labute approximate surface area is 205 Å².